The van der Waals surface area contributed by atoms with E-state index in [2.05, 4.69) is 13.8 Å². The molecule has 0 fully saturated rings. The largest absolute Gasteiger partial charge is 0.478 e. The highest BCUT2D eigenvalue weighted by atomic mass is 35.5. The van der Waals surface area contributed by atoms with Crippen molar-refractivity contribution < 1.29 is 14.6 Å². The third-order valence-electron chi connectivity index (χ3n) is 3.53. The molecular weight excluding hydrogens is 266 g/mol. The number of carboxylic acid groups (broad SMARTS) is 1. The van der Waals surface area contributed by atoms with Crippen molar-refractivity contribution in [2.75, 3.05) is 13.7 Å². The van der Waals surface area contributed by atoms with E-state index in [1.807, 2.05) is 11.5 Å². The standard InChI is InChI=1S/C14H22ClNO3/c1-5-9(2)13-12(15)11(14(17)18)10(3)16(13)7-6-8-19-4/h9H,5-8H2,1-4H3,(H,17,18). The van der Waals surface area contributed by atoms with Crippen LogP contribution in [0.15, 0.2) is 0 Å². The molecule has 1 heterocycles. The number of nitrogens with zero attached hydrogens (tertiary/aromatic N) is 1. The highest BCUT2D eigenvalue weighted by molar-refractivity contribution is 6.34. The number of halogens is 1. The van der Waals surface area contributed by atoms with E-state index in [1.165, 1.54) is 0 Å². The fourth-order valence-corrected chi connectivity index (χ4v) is 2.81. The molecular formula is C14H22ClNO3. The van der Waals surface area contributed by atoms with Crippen LogP contribution < -0.4 is 0 Å². The summed E-state index contributed by atoms with van der Waals surface area (Å²) in [5.74, 6) is -0.723. The highest BCUT2D eigenvalue weighted by Gasteiger charge is 2.25. The van der Waals surface area contributed by atoms with Crippen LogP contribution in [0.4, 0.5) is 0 Å². The van der Waals surface area contributed by atoms with Gasteiger partial charge in [-0.1, -0.05) is 25.4 Å². The van der Waals surface area contributed by atoms with Crippen molar-refractivity contribution in [3.8, 4) is 0 Å². The lowest BCUT2D eigenvalue weighted by Crippen LogP contribution is -2.10. The predicted molar refractivity (Wildman–Crippen MR) is 76.3 cm³/mol. The Balaban J connectivity index is 3.24. The van der Waals surface area contributed by atoms with Gasteiger partial charge in [0.05, 0.1) is 10.6 Å². The molecule has 0 saturated carbocycles. The molecule has 0 aliphatic heterocycles. The fourth-order valence-electron chi connectivity index (χ4n) is 2.30. The fraction of sp³-hybridized carbons (Fsp3) is 0.643. The molecule has 0 aliphatic carbocycles. The normalized spacial score (nSPS) is 12.7. The first-order valence-corrected chi connectivity index (χ1v) is 6.94. The van der Waals surface area contributed by atoms with Crippen molar-refractivity contribution in [3.05, 3.63) is 22.0 Å². The van der Waals surface area contributed by atoms with Gasteiger partial charge in [0.1, 0.15) is 0 Å². The number of aromatic nitrogens is 1. The van der Waals surface area contributed by atoms with Gasteiger partial charge in [0.15, 0.2) is 0 Å². The molecule has 0 spiro atoms. The summed E-state index contributed by atoms with van der Waals surface area (Å²) in [4.78, 5) is 11.3. The molecule has 1 aromatic rings. The molecule has 0 aliphatic rings. The molecule has 0 aromatic carbocycles. The lowest BCUT2D eigenvalue weighted by Gasteiger charge is -2.16. The summed E-state index contributed by atoms with van der Waals surface area (Å²) in [7, 11) is 1.66. The van der Waals surface area contributed by atoms with E-state index in [0.717, 1.165) is 30.8 Å². The van der Waals surface area contributed by atoms with Gasteiger partial charge in [0.25, 0.3) is 0 Å². The second-order valence-electron chi connectivity index (χ2n) is 4.77. The first kappa shape index (κ1) is 16.1. The summed E-state index contributed by atoms with van der Waals surface area (Å²) in [6.45, 7) is 7.33. The van der Waals surface area contributed by atoms with Crippen LogP contribution in [-0.4, -0.2) is 29.4 Å². The minimum atomic E-state index is -0.961. The molecule has 19 heavy (non-hydrogen) atoms. The number of hydrogen-bond acceptors (Lipinski definition) is 2. The monoisotopic (exact) mass is 287 g/mol. The number of methoxy groups -OCH3 is 1. The average molecular weight is 288 g/mol. The van der Waals surface area contributed by atoms with Crippen LogP contribution in [0.3, 0.4) is 0 Å². The highest BCUT2D eigenvalue weighted by Crippen LogP contribution is 2.34. The van der Waals surface area contributed by atoms with Gasteiger partial charge in [-0.15, -0.1) is 0 Å². The van der Waals surface area contributed by atoms with Crippen LogP contribution in [0, 0.1) is 6.92 Å². The van der Waals surface area contributed by atoms with Gasteiger partial charge >= 0.3 is 5.97 Å². The maximum atomic E-state index is 11.3. The van der Waals surface area contributed by atoms with Crippen molar-refractivity contribution >= 4 is 17.6 Å². The van der Waals surface area contributed by atoms with E-state index < -0.39 is 5.97 Å². The van der Waals surface area contributed by atoms with Crippen LogP contribution in [0.25, 0.3) is 0 Å². The smallest absolute Gasteiger partial charge is 0.339 e. The van der Waals surface area contributed by atoms with Crippen molar-refractivity contribution in [2.45, 2.75) is 46.1 Å². The Morgan fingerprint density at radius 1 is 1.53 bits per heavy atom. The molecule has 0 amide bonds. The van der Waals surface area contributed by atoms with Gasteiger partial charge in [-0.25, -0.2) is 4.79 Å². The molecule has 1 rings (SSSR count). The molecule has 0 radical (unpaired) electrons. The number of hydrogen-bond donors (Lipinski definition) is 1. The van der Waals surface area contributed by atoms with Gasteiger partial charge in [0, 0.05) is 31.6 Å². The molecule has 1 N–H and O–H groups in total. The van der Waals surface area contributed by atoms with Gasteiger partial charge in [0.2, 0.25) is 0 Å². The lowest BCUT2D eigenvalue weighted by atomic mass is 10.0. The van der Waals surface area contributed by atoms with E-state index in [9.17, 15) is 9.90 Å². The van der Waals surface area contributed by atoms with E-state index in [-0.39, 0.29) is 11.5 Å². The van der Waals surface area contributed by atoms with E-state index in [1.54, 1.807) is 7.11 Å². The second kappa shape index (κ2) is 6.96. The summed E-state index contributed by atoms with van der Waals surface area (Å²) in [5, 5.41) is 9.67. The average Bonchev–Trinajstić information content (AvgIpc) is 2.60. The first-order chi connectivity index (χ1) is 8.95. The summed E-state index contributed by atoms with van der Waals surface area (Å²) in [6.07, 6.45) is 1.76. The Hall–Kier alpha value is -1.00. The zero-order valence-corrected chi connectivity index (χ0v) is 12.8. The van der Waals surface area contributed by atoms with Gasteiger partial charge in [-0.2, -0.15) is 0 Å². The zero-order chi connectivity index (χ0) is 14.6. The molecule has 0 bridgehead atoms. The summed E-state index contributed by atoms with van der Waals surface area (Å²) in [5.41, 5.74) is 1.88. The number of rotatable bonds is 7. The molecule has 1 unspecified atom stereocenters. The van der Waals surface area contributed by atoms with Crippen LogP contribution in [0.5, 0.6) is 0 Å². The van der Waals surface area contributed by atoms with Crippen molar-refractivity contribution in [2.24, 2.45) is 0 Å². The molecule has 1 aromatic heterocycles. The summed E-state index contributed by atoms with van der Waals surface area (Å²) < 4.78 is 7.08. The number of aromatic carboxylic acids is 1. The Morgan fingerprint density at radius 3 is 2.63 bits per heavy atom. The topological polar surface area (TPSA) is 51.5 Å². The lowest BCUT2D eigenvalue weighted by molar-refractivity contribution is 0.0696. The number of carbonyl (C=O) groups is 1. The van der Waals surface area contributed by atoms with E-state index in [4.69, 9.17) is 16.3 Å². The Kier molecular flexibility index (Phi) is 5.88. The van der Waals surface area contributed by atoms with Gasteiger partial charge < -0.3 is 14.4 Å². The third-order valence-corrected chi connectivity index (χ3v) is 3.91. The van der Waals surface area contributed by atoms with Crippen LogP contribution in [-0.2, 0) is 11.3 Å². The molecule has 0 saturated heterocycles. The number of ether oxygens (including phenoxy) is 1. The molecule has 1 atom stereocenters. The van der Waals surface area contributed by atoms with Crippen LogP contribution in [0.2, 0.25) is 5.02 Å². The summed E-state index contributed by atoms with van der Waals surface area (Å²) in [6, 6.07) is 0. The molecule has 5 heteroatoms. The SMILES string of the molecule is CCC(C)c1c(Cl)c(C(=O)O)c(C)n1CCCOC. The van der Waals surface area contributed by atoms with Gasteiger partial charge in [-0.05, 0) is 25.7 Å². The predicted octanol–water partition coefficient (Wildman–Crippen LogP) is 3.70. The maximum Gasteiger partial charge on any atom is 0.339 e. The quantitative estimate of drug-likeness (QED) is 0.778. The maximum absolute atomic E-state index is 11.3. The third kappa shape index (κ3) is 3.31. The molecule has 4 nitrogen and oxygen atoms in total. The zero-order valence-electron chi connectivity index (χ0n) is 12.0. The second-order valence-corrected chi connectivity index (χ2v) is 5.15. The Labute approximate surface area is 119 Å². The van der Waals surface area contributed by atoms with E-state index in [0.29, 0.717) is 11.6 Å². The minimum absolute atomic E-state index is 0.231. The summed E-state index contributed by atoms with van der Waals surface area (Å²) >= 11 is 6.28. The van der Waals surface area contributed by atoms with Crippen molar-refractivity contribution in [1.82, 2.24) is 4.57 Å². The Morgan fingerprint density at radius 2 is 2.16 bits per heavy atom. The first-order valence-electron chi connectivity index (χ1n) is 6.56. The minimum Gasteiger partial charge on any atom is -0.478 e. The number of carboxylic acids is 1. The molecule has 108 valence electrons. The van der Waals surface area contributed by atoms with Crippen molar-refractivity contribution in [3.63, 3.8) is 0 Å². The van der Waals surface area contributed by atoms with Crippen LogP contribution in [0.1, 0.15) is 54.4 Å². The van der Waals surface area contributed by atoms with Crippen molar-refractivity contribution in [1.29, 1.82) is 0 Å². The van der Waals surface area contributed by atoms with E-state index >= 15 is 0 Å². The van der Waals surface area contributed by atoms with Gasteiger partial charge in [-0.3, -0.25) is 0 Å². The van der Waals surface area contributed by atoms with Crippen LogP contribution >= 0.6 is 11.6 Å². The Bertz CT molecular complexity index is 454.